The van der Waals surface area contributed by atoms with E-state index in [0.717, 1.165) is 16.5 Å². The summed E-state index contributed by atoms with van der Waals surface area (Å²) < 4.78 is 5.26. The quantitative estimate of drug-likeness (QED) is 0.909. The lowest BCUT2D eigenvalue weighted by atomic mass is 10.2. The molecule has 16 heavy (non-hydrogen) atoms. The van der Waals surface area contributed by atoms with Gasteiger partial charge in [0.15, 0.2) is 5.22 Å². The zero-order valence-electron chi connectivity index (χ0n) is 9.16. The van der Waals surface area contributed by atoms with Crippen LogP contribution < -0.4 is 5.32 Å². The van der Waals surface area contributed by atoms with E-state index in [1.165, 1.54) is 0 Å². The van der Waals surface area contributed by atoms with Crippen molar-refractivity contribution in [2.75, 3.05) is 0 Å². The first-order chi connectivity index (χ1) is 7.65. The number of aryl methyl sites for hydroxylation is 1. The smallest absolute Gasteiger partial charge is 0.193 e. The third kappa shape index (κ3) is 2.84. The molecule has 0 bridgehead atoms. The van der Waals surface area contributed by atoms with Crippen molar-refractivity contribution in [3.05, 3.63) is 39.2 Å². The summed E-state index contributed by atoms with van der Waals surface area (Å²) in [6, 6.07) is 3.83. The van der Waals surface area contributed by atoms with Crippen molar-refractivity contribution in [1.29, 1.82) is 0 Å². The second-order valence-electron chi connectivity index (χ2n) is 3.60. The maximum absolute atomic E-state index is 5.69. The minimum absolute atomic E-state index is 0.217. The Morgan fingerprint density at radius 1 is 1.56 bits per heavy atom. The zero-order chi connectivity index (χ0) is 11.5. The SMILES string of the molecule is Cc1nc(C(C)NCc2ccc(Cl)o2)cs1. The molecule has 1 atom stereocenters. The average molecular weight is 257 g/mol. The van der Waals surface area contributed by atoms with Gasteiger partial charge in [-0.2, -0.15) is 0 Å². The molecular weight excluding hydrogens is 244 g/mol. The van der Waals surface area contributed by atoms with Crippen molar-refractivity contribution in [2.45, 2.75) is 26.4 Å². The molecule has 0 aliphatic rings. The van der Waals surface area contributed by atoms with Gasteiger partial charge < -0.3 is 9.73 Å². The van der Waals surface area contributed by atoms with Crippen LogP contribution in [0.5, 0.6) is 0 Å². The Balaban J connectivity index is 1.91. The summed E-state index contributed by atoms with van der Waals surface area (Å²) in [5.41, 5.74) is 1.07. The van der Waals surface area contributed by atoms with E-state index in [0.29, 0.717) is 11.8 Å². The van der Waals surface area contributed by atoms with Gasteiger partial charge in [-0.05, 0) is 37.6 Å². The highest BCUT2D eigenvalue weighted by Gasteiger charge is 2.09. The molecule has 0 saturated heterocycles. The van der Waals surface area contributed by atoms with E-state index in [1.807, 2.05) is 13.0 Å². The van der Waals surface area contributed by atoms with Crippen LogP contribution in [0.25, 0.3) is 0 Å². The summed E-state index contributed by atoms with van der Waals surface area (Å²) in [6.07, 6.45) is 0. The van der Waals surface area contributed by atoms with Crippen LogP contribution in [-0.2, 0) is 6.54 Å². The number of nitrogens with one attached hydrogen (secondary N) is 1. The van der Waals surface area contributed by atoms with Crippen molar-refractivity contribution in [3.8, 4) is 0 Å². The van der Waals surface area contributed by atoms with Crippen molar-refractivity contribution in [1.82, 2.24) is 10.3 Å². The fourth-order valence-electron chi connectivity index (χ4n) is 1.38. The average Bonchev–Trinajstić information content (AvgIpc) is 2.84. The summed E-state index contributed by atoms with van der Waals surface area (Å²) in [6.45, 7) is 4.75. The summed E-state index contributed by atoms with van der Waals surface area (Å²) in [7, 11) is 0. The monoisotopic (exact) mass is 256 g/mol. The third-order valence-electron chi connectivity index (χ3n) is 2.29. The largest absolute Gasteiger partial charge is 0.448 e. The van der Waals surface area contributed by atoms with E-state index in [4.69, 9.17) is 16.0 Å². The normalized spacial score (nSPS) is 12.9. The van der Waals surface area contributed by atoms with Crippen LogP contribution in [0.2, 0.25) is 5.22 Å². The predicted octanol–water partition coefficient (Wildman–Crippen LogP) is 3.55. The Kier molecular flexibility index (Phi) is 3.63. The maximum Gasteiger partial charge on any atom is 0.193 e. The van der Waals surface area contributed by atoms with Gasteiger partial charge in [-0.15, -0.1) is 11.3 Å². The van der Waals surface area contributed by atoms with Crippen LogP contribution in [-0.4, -0.2) is 4.98 Å². The van der Waals surface area contributed by atoms with Gasteiger partial charge in [0.1, 0.15) is 5.76 Å². The molecular formula is C11H13ClN2OS. The van der Waals surface area contributed by atoms with E-state index in [-0.39, 0.29) is 6.04 Å². The Morgan fingerprint density at radius 3 is 2.94 bits per heavy atom. The van der Waals surface area contributed by atoms with Gasteiger partial charge in [0.05, 0.1) is 17.2 Å². The zero-order valence-corrected chi connectivity index (χ0v) is 10.7. The molecule has 1 unspecified atom stereocenters. The Hall–Kier alpha value is -0.840. The van der Waals surface area contributed by atoms with Crippen LogP contribution in [0.15, 0.2) is 21.9 Å². The molecule has 0 fully saturated rings. The van der Waals surface area contributed by atoms with Crippen molar-refractivity contribution in [3.63, 3.8) is 0 Å². The highest BCUT2D eigenvalue weighted by atomic mass is 35.5. The first-order valence-corrected chi connectivity index (χ1v) is 6.30. The van der Waals surface area contributed by atoms with Crippen LogP contribution in [0.3, 0.4) is 0 Å². The lowest BCUT2D eigenvalue weighted by molar-refractivity contribution is 0.459. The lowest BCUT2D eigenvalue weighted by Crippen LogP contribution is -2.18. The minimum Gasteiger partial charge on any atom is -0.448 e. The van der Waals surface area contributed by atoms with Crippen molar-refractivity contribution in [2.24, 2.45) is 0 Å². The molecule has 5 heteroatoms. The van der Waals surface area contributed by atoms with Crippen LogP contribution in [0.4, 0.5) is 0 Å². The second kappa shape index (κ2) is 4.99. The first-order valence-electron chi connectivity index (χ1n) is 5.05. The van der Waals surface area contributed by atoms with Gasteiger partial charge in [-0.1, -0.05) is 0 Å². The van der Waals surface area contributed by atoms with Gasteiger partial charge in [-0.25, -0.2) is 4.98 Å². The summed E-state index contributed by atoms with van der Waals surface area (Å²) >= 11 is 7.35. The number of hydrogen-bond acceptors (Lipinski definition) is 4. The standard InChI is InChI=1S/C11H13ClN2OS/c1-7(10-6-16-8(2)14-10)13-5-9-3-4-11(12)15-9/h3-4,6-7,13H,5H2,1-2H3. The number of aromatic nitrogens is 1. The fraction of sp³-hybridized carbons (Fsp3) is 0.364. The number of rotatable bonds is 4. The molecule has 0 aliphatic heterocycles. The Bertz CT molecular complexity index is 466. The fourth-order valence-corrected chi connectivity index (χ4v) is 2.25. The molecule has 1 N–H and O–H groups in total. The Labute approximate surface area is 103 Å². The van der Waals surface area contributed by atoms with Gasteiger partial charge in [-0.3, -0.25) is 0 Å². The molecule has 0 amide bonds. The maximum atomic E-state index is 5.69. The Morgan fingerprint density at radius 2 is 2.38 bits per heavy atom. The predicted molar refractivity (Wildman–Crippen MR) is 65.8 cm³/mol. The van der Waals surface area contributed by atoms with Crippen LogP contribution in [0, 0.1) is 6.92 Å². The molecule has 2 aromatic heterocycles. The molecule has 3 nitrogen and oxygen atoms in total. The van der Waals surface area contributed by atoms with Crippen LogP contribution >= 0.6 is 22.9 Å². The molecule has 0 radical (unpaired) electrons. The van der Waals surface area contributed by atoms with Gasteiger partial charge in [0.25, 0.3) is 0 Å². The van der Waals surface area contributed by atoms with Gasteiger partial charge >= 0.3 is 0 Å². The number of nitrogens with zero attached hydrogens (tertiary/aromatic N) is 1. The van der Waals surface area contributed by atoms with E-state index in [9.17, 15) is 0 Å². The van der Waals surface area contributed by atoms with E-state index in [2.05, 4.69) is 22.6 Å². The molecule has 2 heterocycles. The summed E-state index contributed by atoms with van der Waals surface area (Å²) in [5, 5.41) is 6.92. The van der Waals surface area contributed by atoms with Gasteiger partial charge in [0, 0.05) is 11.4 Å². The highest BCUT2D eigenvalue weighted by Crippen LogP contribution is 2.17. The second-order valence-corrected chi connectivity index (χ2v) is 5.03. The van der Waals surface area contributed by atoms with E-state index < -0.39 is 0 Å². The first kappa shape index (κ1) is 11.6. The molecule has 0 spiro atoms. The highest BCUT2D eigenvalue weighted by molar-refractivity contribution is 7.09. The van der Waals surface area contributed by atoms with E-state index >= 15 is 0 Å². The topological polar surface area (TPSA) is 38.1 Å². The molecule has 0 saturated carbocycles. The van der Waals surface area contributed by atoms with Crippen molar-refractivity contribution < 1.29 is 4.42 Å². The molecule has 2 aromatic rings. The molecule has 0 aliphatic carbocycles. The molecule has 2 rings (SSSR count). The van der Waals surface area contributed by atoms with Crippen LogP contribution in [0.1, 0.15) is 29.4 Å². The number of thiazole rings is 1. The summed E-state index contributed by atoms with van der Waals surface area (Å²) in [5.74, 6) is 0.837. The molecule has 86 valence electrons. The van der Waals surface area contributed by atoms with E-state index in [1.54, 1.807) is 17.4 Å². The van der Waals surface area contributed by atoms with Gasteiger partial charge in [0.2, 0.25) is 0 Å². The van der Waals surface area contributed by atoms with Crippen molar-refractivity contribution >= 4 is 22.9 Å². The minimum atomic E-state index is 0.217. The third-order valence-corrected chi connectivity index (χ3v) is 3.29. The number of halogens is 1. The lowest BCUT2D eigenvalue weighted by Gasteiger charge is -2.09. The number of hydrogen-bond donors (Lipinski definition) is 1. The molecule has 0 aromatic carbocycles. The number of furan rings is 1. The summed E-state index contributed by atoms with van der Waals surface area (Å²) in [4.78, 5) is 4.43.